The van der Waals surface area contributed by atoms with E-state index in [0.717, 1.165) is 56.7 Å². The van der Waals surface area contributed by atoms with Crippen LogP contribution in [-0.4, -0.2) is 125 Å². The maximum absolute atomic E-state index is 14.0. The predicted octanol–water partition coefficient (Wildman–Crippen LogP) is 7.05. The standard InChI is InChI=1S/C44H58N6O8.C5H11N/c1-9-49-37-15-14-30(23-34(37)35(24-44(5,6)25-58-26-51)40(49)33-13-12-16-45-38(33)28(4)57-8)31-19-29(20-32(52)22-31)21-36(42(54)50-18-11-10-17-46-50)47-41(53)39(27(2)3)48(7)43(55)56;1-6-4-2-3-5-6/h12-16,19-20,22-23,26-28,36,39,46,52H,9-11,17-18,21,24-25H2,1-8H3,(H,47,53)(H,55,56);2-5H2,1H3. The molecule has 4 heterocycles. The Morgan fingerprint density at radius 2 is 1.73 bits per heavy atom. The monoisotopic (exact) mass is 884 g/mol. The molecule has 2 aliphatic heterocycles. The Morgan fingerprint density at radius 3 is 2.33 bits per heavy atom. The van der Waals surface area contributed by atoms with E-state index in [4.69, 9.17) is 14.5 Å². The summed E-state index contributed by atoms with van der Waals surface area (Å²) in [5.74, 6) is -1.31. The lowest BCUT2D eigenvalue weighted by Gasteiger charge is -2.33. The molecule has 6 rings (SSSR count). The second kappa shape index (κ2) is 22.4. The van der Waals surface area contributed by atoms with Gasteiger partial charge in [0.1, 0.15) is 17.8 Å². The highest BCUT2D eigenvalue weighted by Crippen LogP contribution is 2.42. The van der Waals surface area contributed by atoms with E-state index in [1.807, 2.05) is 25.1 Å². The van der Waals surface area contributed by atoms with Gasteiger partial charge in [-0.1, -0.05) is 39.8 Å². The van der Waals surface area contributed by atoms with E-state index in [-0.39, 0.29) is 36.7 Å². The molecule has 0 saturated carbocycles. The molecule has 348 valence electrons. The van der Waals surface area contributed by atoms with Gasteiger partial charge in [-0.2, -0.15) is 0 Å². The summed E-state index contributed by atoms with van der Waals surface area (Å²) in [5, 5.41) is 26.2. The Kier molecular flexibility index (Phi) is 17.3. The Bertz CT molecular complexity index is 2230. The maximum atomic E-state index is 14.0. The molecule has 15 nitrogen and oxygen atoms in total. The maximum Gasteiger partial charge on any atom is 0.407 e. The number of hydrazine groups is 1. The fourth-order valence-electron chi connectivity index (χ4n) is 8.90. The molecule has 3 unspecified atom stereocenters. The molecule has 2 aromatic carbocycles. The van der Waals surface area contributed by atoms with E-state index in [2.05, 4.69) is 66.2 Å². The van der Waals surface area contributed by atoms with E-state index < -0.39 is 29.5 Å². The molecule has 3 amide bonds. The van der Waals surface area contributed by atoms with E-state index in [1.165, 1.54) is 38.0 Å². The van der Waals surface area contributed by atoms with Crippen LogP contribution >= 0.6 is 0 Å². The van der Waals surface area contributed by atoms with Crippen LogP contribution in [-0.2, 0) is 43.2 Å². The molecule has 3 atom stereocenters. The molecule has 2 aliphatic rings. The average Bonchev–Trinajstić information content (AvgIpc) is 3.88. The summed E-state index contributed by atoms with van der Waals surface area (Å²) >= 11 is 0. The lowest BCUT2D eigenvalue weighted by Crippen LogP contribution is -2.59. The molecule has 4 aromatic rings. The van der Waals surface area contributed by atoms with Crippen LogP contribution in [0.5, 0.6) is 5.75 Å². The highest BCUT2D eigenvalue weighted by molar-refractivity contribution is 5.96. The number of carbonyl (C=O) groups is 4. The van der Waals surface area contributed by atoms with Gasteiger partial charge in [0, 0.05) is 68.3 Å². The van der Waals surface area contributed by atoms with Crippen molar-refractivity contribution in [2.24, 2.45) is 11.3 Å². The number of carboxylic acid groups (broad SMARTS) is 1. The molecule has 0 radical (unpaired) electrons. The second-order valence-electron chi connectivity index (χ2n) is 18.2. The zero-order valence-electron chi connectivity index (χ0n) is 39.1. The number of rotatable bonds is 17. The first-order valence-corrected chi connectivity index (χ1v) is 22.5. The van der Waals surface area contributed by atoms with Gasteiger partial charge < -0.3 is 34.5 Å². The minimum atomic E-state index is -1.25. The molecule has 15 heteroatoms. The molecule has 64 heavy (non-hydrogen) atoms. The van der Waals surface area contributed by atoms with Gasteiger partial charge in [0.05, 0.1) is 24.1 Å². The number of hydrogen-bond donors (Lipinski definition) is 4. The zero-order chi connectivity index (χ0) is 46.7. The van der Waals surface area contributed by atoms with Crippen molar-refractivity contribution in [3.63, 3.8) is 0 Å². The highest BCUT2D eigenvalue weighted by atomic mass is 16.5. The third-order valence-electron chi connectivity index (χ3n) is 12.2. The Morgan fingerprint density at radius 1 is 1.02 bits per heavy atom. The minimum absolute atomic E-state index is 0.0142. The first-order valence-electron chi connectivity index (χ1n) is 22.5. The molecule has 2 aromatic heterocycles. The molecular formula is C49H69N7O8. The average molecular weight is 884 g/mol. The summed E-state index contributed by atoms with van der Waals surface area (Å²) in [6.45, 7) is 16.7. The Balaban J connectivity index is 0.00000118. The number of pyridine rings is 1. The minimum Gasteiger partial charge on any atom is -0.508 e. The number of aromatic nitrogens is 2. The largest absolute Gasteiger partial charge is 0.508 e. The van der Waals surface area contributed by atoms with Crippen LogP contribution in [0.1, 0.15) is 90.2 Å². The van der Waals surface area contributed by atoms with Gasteiger partial charge in [0.25, 0.3) is 12.4 Å². The summed E-state index contributed by atoms with van der Waals surface area (Å²) in [7, 11) is 5.17. The van der Waals surface area contributed by atoms with Gasteiger partial charge in [-0.15, -0.1) is 0 Å². The van der Waals surface area contributed by atoms with Gasteiger partial charge in [0.15, 0.2) is 0 Å². The molecule has 0 bridgehead atoms. The van der Waals surface area contributed by atoms with Crippen molar-refractivity contribution in [2.45, 2.75) is 105 Å². The van der Waals surface area contributed by atoms with Crippen LogP contribution in [0, 0.1) is 11.3 Å². The van der Waals surface area contributed by atoms with Crippen LogP contribution in [0.4, 0.5) is 4.79 Å². The van der Waals surface area contributed by atoms with E-state index in [9.17, 15) is 29.4 Å². The highest BCUT2D eigenvalue weighted by Gasteiger charge is 2.35. The van der Waals surface area contributed by atoms with E-state index >= 15 is 0 Å². The summed E-state index contributed by atoms with van der Waals surface area (Å²) in [6.07, 6.45) is 5.37. The number of fused-ring (bicyclic) bond motifs is 1. The number of likely N-dealkylation sites (tertiary alicyclic amines) is 1. The quantitative estimate of drug-likeness (QED) is 0.0800. The molecule has 4 N–H and O–H groups in total. The van der Waals surface area contributed by atoms with Crippen molar-refractivity contribution < 1.29 is 38.9 Å². The number of carbonyl (C=O) groups excluding carboxylic acids is 3. The lowest BCUT2D eigenvalue weighted by molar-refractivity contribution is -0.141. The van der Waals surface area contributed by atoms with Crippen molar-refractivity contribution in [2.75, 3.05) is 54.0 Å². The molecular weight excluding hydrogens is 815 g/mol. The zero-order valence-corrected chi connectivity index (χ0v) is 39.1. The number of ether oxygens (including phenoxy) is 2. The molecule has 2 fully saturated rings. The summed E-state index contributed by atoms with van der Waals surface area (Å²) in [4.78, 5) is 59.0. The number of methoxy groups -OCH3 is 1. The number of hydrogen-bond acceptors (Lipinski definition) is 10. The van der Waals surface area contributed by atoms with E-state index in [0.29, 0.717) is 43.7 Å². The van der Waals surface area contributed by atoms with Crippen molar-refractivity contribution in [3.8, 4) is 28.1 Å². The SMILES string of the molecule is CCn1c(-c2cccnc2C(C)OC)c(CC(C)(C)COC=O)c2cc(-c3cc(O)cc(CC(NC(=O)C(C(C)C)N(C)C(=O)O)C(=O)N4CCCCN4)c3)ccc21.CN1CCCC1. The Hall–Kier alpha value is -5.51. The predicted molar refractivity (Wildman–Crippen MR) is 249 cm³/mol. The van der Waals surface area contributed by atoms with Gasteiger partial charge in [-0.25, -0.2) is 10.2 Å². The third kappa shape index (κ3) is 12.2. The Labute approximate surface area is 378 Å². The summed E-state index contributed by atoms with van der Waals surface area (Å²) < 4.78 is 13.3. The molecule has 2 saturated heterocycles. The first kappa shape index (κ1) is 49.5. The number of likely N-dealkylation sites (N-methyl/N-ethyl adjacent to an activating group) is 1. The fraction of sp³-hybridized carbons (Fsp3) is 0.531. The van der Waals surface area contributed by atoms with Gasteiger partial charge in [-0.3, -0.25) is 29.3 Å². The van der Waals surface area contributed by atoms with Gasteiger partial charge in [-0.05, 0) is 131 Å². The van der Waals surface area contributed by atoms with Crippen LogP contribution < -0.4 is 10.7 Å². The van der Waals surface area contributed by atoms with Crippen LogP contribution in [0.15, 0.2) is 54.7 Å². The number of nitrogens with zero attached hydrogens (tertiary/aromatic N) is 5. The lowest BCUT2D eigenvalue weighted by atomic mass is 9.84. The number of aryl methyl sites for hydroxylation is 1. The smallest absolute Gasteiger partial charge is 0.407 e. The van der Waals surface area contributed by atoms with Crippen LogP contribution in [0.3, 0.4) is 0 Å². The number of amides is 3. The number of nitrogens with one attached hydrogen (secondary N) is 2. The number of phenolic OH excluding ortho intramolecular Hbond substituents is 1. The van der Waals surface area contributed by atoms with Gasteiger partial charge in [0.2, 0.25) is 5.91 Å². The van der Waals surface area contributed by atoms with Crippen LogP contribution in [0.2, 0.25) is 0 Å². The number of phenols is 1. The summed E-state index contributed by atoms with van der Waals surface area (Å²) in [5.41, 5.74) is 9.59. The van der Waals surface area contributed by atoms with Crippen molar-refractivity contribution >= 4 is 35.3 Å². The fourth-order valence-corrected chi connectivity index (χ4v) is 8.90. The second-order valence-corrected chi connectivity index (χ2v) is 18.2. The number of benzene rings is 2. The van der Waals surface area contributed by atoms with Crippen molar-refractivity contribution in [1.82, 2.24) is 35.1 Å². The topological polar surface area (TPSA) is 179 Å². The third-order valence-corrected chi connectivity index (χ3v) is 12.2. The van der Waals surface area contributed by atoms with Crippen LogP contribution in [0.25, 0.3) is 33.3 Å². The van der Waals surface area contributed by atoms with Crippen molar-refractivity contribution in [1.29, 1.82) is 0 Å². The number of aromatic hydroxyl groups is 1. The normalized spacial score (nSPS) is 15.9. The van der Waals surface area contributed by atoms with Crippen molar-refractivity contribution in [3.05, 3.63) is 71.5 Å². The van der Waals surface area contributed by atoms with Gasteiger partial charge >= 0.3 is 6.09 Å². The first-order chi connectivity index (χ1) is 30.5. The van der Waals surface area contributed by atoms with E-state index in [1.54, 1.807) is 39.3 Å². The molecule has 0 aliphatic carbocycles. The molecule has 0 spiro atoms. The summed E-state index contributed by atoms with van der Waals surface area (Å²) in [6, 6.07) is 13.2.